The molecule has 0 radical (unpaired) electrons. The number of rotatable bonds is 7. The van der Waals surface area contributed by atoms with E-state index in [1.54, 1.807) is 4.90 Å². The third kappa shape index (κ3) is 4.80. The van der Waals surface area contributed by atoms with Gasteiger partial charge in [0.25, 0.3) is 0 Å². The lowest BCUT2D eigenvalue weighted by molar-refractivity contribution is -0.128. The zero-order valence-electron chi connectivity index (χ0n) is 24.2. The minimum atomic E-state index is -0.725. The number of hydrogen-bond donors (Lipinski definition) is 0. The van der Waals surface area contributed by atoms with Gasteiger partial charge in [0.05, 0.1) is 5.56 Å². The molecule has 0 unspecified atom stereocenters. The summed E-state index contributed by atoms with van der Waals surface area (Å²) in [4.78, 5) is 31.0. The number of anilines is 1. The van der Waals surface area contributed by atoms with Gasteiger partial charge in [-0.05, 0) is 79.9 Å². The summed E-state index contributed by atoms with van der Waals surface area (Å²) in [6.07, 6.45) is 5.32. The Bertz CT molecular complexity index is 1670. The van der Waals surface area contributed by atoms with Crippen molar-refractivity contribution in [3.8, 4) is 17.1 Å². The molecule has 43 heavy (non-hydrogen) atoms. The van der Waals surface area contributed by atoms with Crippen LogP contribution in [0.3, 0.4) is 0 Å². The molecule has 1 aromatic heterocycles. The minimum Gasteiger partial charge on any atom is -0.462 e. The summed E-state index contributed by atoms with van der Waals surface area (Å²) in [6.45, 7) is 13.4. The molecule has 2 aliphatic heterocycles. The van der Waals surface area contributed by atoms with Crippen molar-refractivity contribution in [1.82, 2.24) is 19.8 Å². The van der Waals surface area contributed by atoms with Crippen LogP contribution in [0.25, 0.3) is 26.9 Å². The highest BCUT2D eigenvalue weighted by molar-refractivity contribution is 5.95. The Balaban J connectivity index is 1.33. The Hall–Kier alpha value is -4.10. The predicted octanol–water partition coefficient (Wildman–Crippen LogP) is 4.83. The Morgan fingerprint density at radius 1 is 1.23 bits per heavy atom. The Labute approximate surface area is 249 Å². The van der Waals surface area contributed by atoms with E-state index in [9.17, 15) is 4.79 Å². The Morgan fingerprint density at radius 2 is 2.09 bits per heavy atom. The van der Waals surface area contributed by atoms with Crippen LogP contribution in [0.5, 0.6) is 6.01 Å². The molecule has 4 atom stereocenters. The van der Waals surface area contributed by atoms with E-state index in [1.165, 1.54) is 17.7 Å². The number of carbonyl (C=O) groups is 1. The maximum Gasteiger partial charge on any atom is 0.319 e. The molecular weight excluding hydrogens is 550 g/mol. The molecular formula is C33H34F2N6O2. The van der Waals surface area contributed by atoms with Crippen molar-refractivity contribution >= 4 is 22.6 Å². The van der Waals surface area contributed by atoms with E-state index < -0.39 is 17.7 Å². The van der Waals surface area contributed by atoms with Crippen LogP contribution in [-0.2, 0) is 11.2 Å². The van der Waals surface area contributed by atoms with Gasteiger partial charge in [0.1, 0.15) is 29.8 Å². The molecule has 3 heterocycles. The summed E-state index contributed by atoms with van der Waals surface area (Å²) in [7, 11) is 2.05. The van der Waals surface area contributed by atoms with Gasteiger partial charge < -0.3 is 24.3 Å². The average Bonchev–Trinajstić information content (AvgIpc) is 3.48. The SMILES string of the molecule is [C-]#[N+]C[C@H]1CN(c2nc(OC[C@@H]3CCCN3C)nc3c(F)c(-c4cccc5c4[C@H]4C[C@H]4C5)c(F)cc23)CCN1C(=O)C=C. The number of likely N-dealkylation sites (N-methyl/N-ethyl adjacent to an activating group) is 1. The Morgan fingerprint density at radius 3 is 2.86 bits per heavy atom. The van der Waals surface area contributed by atoms with Crippen molar-refractivity contribution in [2.75, 3.05) is 51.3 Å². The zero-order valence-corrected chi connectivity index (χ0v) is 24.2. The minimum absolute atomic E-state index is 0.00505. The standard InChI is InChI=1S/C33H34F2N6O2/c1-4-27(42)41-12-11-40(17-22(41)16-36-2)32-25-15-26(34)29(23-9-5-7-19-13-20-14-24(20)28(19)23)30(35)31(25)37-33(38-32)43-18-21-8-6-10-39(21)3/h4-5,7,9,15,20-22,24H,1,6,8,10-14,16-18H2,3H3/t20-,21+,22+,24+/m1/s1. The van der Waals surface area contributed by atoms with Gasteiger partial charge >= 0.3 is 6.01 Å². The van der Waals surface area contributed by atoms with Crippen LogP contribution in [-0.4, -0.2) is 84.1 Å². The van der Waals surface area contributed by atoms with E-state index in [0.717, 1.165) is 37.8 Å². The first-order chi connectivity index (χ1) is 20.9. The largest absolute Gasteiger partial charge is 0.462 e. The van der Waals surface area contributed by atoms with E-state index in [4.69, 9.17) is 16.3 Å². The quantitative estimate of drug-likeness (QED) is 0.293. The lowest BCUT2D eigenvalue weighted by Crippen LogP contribution is -2.56. The van der Waals surface area contributed by atoms with Crippen LogP contribution in [0.4, 0.5) is 14.6 Å². The number of piperazine rings is 1. The smallest absolute Gasteiger partial charge is 0.319 e. The van der Waals surface area contributed by atoms with Gasteiger partial charge in [-0.2, -0.15) is 9.97 Å². The van der Waals surface area contributed by atoms with Crippen LogP contribution in [0.1, 0.15) is 36.3 Å². The first-order valence-electron chi connectivity index (χ1n) is 15.0. The first-order valence-corrected chi connectivity index (χ1v) is 15.0. The fourth-order valence-electron chi connectivity index (χ4n) is 7.35. The summed E-state index contributed by atoms with van der Waals surface area (Å²) in [5, 5.41) is 0.242. The van der Waals surface area contributed by atoms with Gasteiger partial charge in [0.2, 0.25) is 12.5 Å². The molecule has 7 rings (SSSR count). The number of amides is 1. The number of nitrogens with zero attached hydrogens (tertiary/aromatic N) is 6. The highest BCUT2D eigenvalue weighted by Crippen LogP contribution is 2.59. The number of aromatic nitrogens is 2. The zero-order chi connectivity index (χ0) is 29.8. The van der Waals surface area contributed by atoms with Gasteiger partial charge in [-0.15, -0.1) is 0 Å². The van der Waals surface area contributed by atoms with Crippen LogP contribution in [0.15, 0.2) is 36.9 Å². The lowest BCUT2D eigenvalue weighted by atomic mass is 9.93. The highest BCUT2D eigenvalue weighted by Gasteiger charge is 2.46. The normalized spacial score (nSPS) is 24.5. The summed E-state index contributed by atoms with van der Waals surface area (Å²) in [5.74, 6) is -0.367. The van der Waals surface area contributed by atoms with Crippen molar-refractivity contribution in [2.45, 2.75) is 43.7 Å². The van der Waals surface area contributed by atoms with E-state index in [-0.39, 0.29) is 47.5 Å². The van der Waals surface area contributed by atoms with Crippen LogP contribution >= 0.6 is 0 Å². The molecule has 4 aliphatic rings. The van der Waals surface area contributed by atoms with E-state index in [1.807, 2.05) is 24.1 Å². The number of benzene rings is 2. The number of carbonyl (C=O) groups excluding carboxylic acids is 1. The van der Waals surface area contributed by atoms with Gasteiger partial charge in [-0.3, -0.25) is 4.79 Å². The van der Waals surface area contributed by atoms with E-state index >= 15 is 8.78 Å². The van der Waals surface area contributed by atoms with Gasteiger partial charge in [0.15, 0.2) is 5.82 Å². The summed E-state index contributed by atoms with van der Waals surface area (Å²) >= 11 is 0. The third-order valence-corrected chi connectivity index (χ3v) is 9.70. The molecule has 3 fully saturated rings. The average molecular weight is 585 g/mol. The predicted molar refractivity (Wildman–Crippen MR) is 160 cm³/mol. The topological polar surface area (TPSA) is 66.2 Å². The molecule has 0 bridgehead atoms. The second-order valence-corrected chi connectivity index (χ2v) is 12.2. The molecule has 10 heteroatoms. The Kier molecular flexibility index (Phi) is 7.01. The first kappa shape index (κ1) is 27.7. The number of halogens is 2. The van der Waals surface area contributed by atoms with Gasteiger partial charge in [-0.25, -0.2) is 15.4 Å². The van der Waals surface area contributed by atoms with E-state index in [0.29, 0.717) is 42.9 Å². The van der Waals surface area contributed by atoms with Crippen molar-refractivity contribution in [3.63, 3.8) is 0 Å². The molecule has 222 valence electrons. The molecule has 1 amide bonds. The maximum absolute atomic E-state index is 16.7. The van der Waals surface area contributed by atoms with Crippen LogP contribution in [0, 0.1) is 24.1 Å². The van der Waals surface area contributed by atoms with Crippen LogP contribution < -0.4 is 9.64 Å². The lowest BCUT2D eigenvalue weighted by Gasteiger charge is -2.39. The molecule has 2 saturated heterocycles. The molecule has 8 nitrogen and oxygen atoms in total. The van der Waals surface area contributed by atoms with Gasteiger partial charge in [-0.1, -0.05) is 24.8 Å². The van der Waals surface area contributed by atoms with Crippen molar-refractivity contribution in [3.05, 3.63) is 71.1 Å². The van der Waals surface area contributed by atoms with Crippen molar-refractivity contribution in [1.29, 1.82) is 0 Å². The van der Waals surface area contributed by atoms with E-state index in [2.05, 4.69) is 27.4 Å². The fraction of sp³-hybridized carbons (Fsp3) is 0.455. The number of hydrogen-bond acceptors (Lipinski definition) is 6. The number of likely N-dealkylation sites (tertiary alicyclic amines) is 1. The fourth-order valence-corrected chi connectivity index (χ4v) is 7.35. The molecule has 3 aromatic rings. The second-order valence-electron chi connectivity index (χ2n) is 12.2. The summed E-state index contributed by atoms with van der Waals surface area (Å²) in [5.41, 5.74) is 2.78. The molecule has 0 spiro atoms. The molecule has 2 aromatic carbocycles. The summed E-state index contributed by atoms with van der Waals surface area (Å²) in [6, 6.07) is 6.89. The highest BCUT2D eigenvalue weighted by atomic mass is 19.1. The second kappa shape index (κ2) is 10.9. The van der Waals surface area contributed by atoms with Crippen molar-refractivity contribution < 1.29 is 18.3 Å². The molecule has 2 aliphatic carbocycles. The molecule has 1 saturated carbocycles. The number of fused-ring (bicyclic) bond motifs is 4. The van der Waals surface area contributed by atoms with Crippen LogP contribution in [0.2, 0.25) is 0 Å². The third-order valence-electron chi connectivity index (χ3n) is 9.70. The monoisotopic (exact) mass is 584 g/mol. The molecule has 0 N–H and O–H groups in total. The van der Waals surface area contributed by atoms with Crippen molar-refractivity contribution in [2.24, 2.45) is 5.92 Å². The maximum atomic E-state index is 16.7. The number of ether oxygens (including phenoxy) is 1. The summed E-state index contributed by atoms with van der Waals surface area (Å²) < 4.78 is 38.8. The van der Waals surface area contributed by atoms with Gasteiger partial charge in [0, 0.05) is 31.1 Å².